The zero-order valence-electron chi connectivity index (χ0n) is 16.0. The normalized spacial score (nSPS) is 14.4. The Balaban J connectivity index is 1.27. The maximum absolute atomic E-state index is 12.5. The SMILES string of the molecule is O=C(NC1CCN(C(=O)Oc2ccccc2)CC1)c1ccc(-n2cccc2)cc1. The Labute approximate surface area is 169 Å². The highest BCUT2D eigenvalue weighted by molar-refractivity contribution is 5.94. The first kappa shape index (κ1) is 18.8. The molecule has 2 heterocycles. The molecule has 0 saturated carbocycles. The van der Waals surface area contributed by atoms with E-state index in [-0.39, 0.29) is 18.0 Å². The predicted molar refractivity (Wildman–Crippen MR) is 110 cm³/mol. The van der Waals surface area contributed by atoms with Crippen LogP contribution in [0.5, 0.6) is 5.75 Å². The number of amides is 2. The smallest absolute Gasteiger partial charge is 0.410 e. The second-order valence-electron chi connectivity index (χ2n) is 7.05. The topological polar surface area (TPSA) is 63.6 Å². The van der Waals surface area contributed by atoms with E-state index >= 15 is 0 Å². The molecule has 6 nitrogen and oxygen atoms in total. The summed E-state index contributed by atoms with van der Waals surface area (Å²) >= 11 is 0. The molecule has 0 bridgehead atoms. The summed E-state index contributed by atoms with van der Waals surface area (Å²) in [5.74, 6) is 0.450. The third-order valence-electron chi connectivity index (χ3n) is 5.07. The Bertz CT molecular complexity index is 945. The minimum absolute atomic E-state index is 0.0485. The van der Waals surface area contributed by atoms with Crippen LogP contribution in [0.2, 0.25) is 0 Å². The average molecular weight is 389 g/mol. The number of ether oxygens (including phenoxy) is 1. The molecule has 0 unspecified atom stereocenters. The summed E-state index contributed by atoms with van der Waals surface area (Å²) in [6.07, 6.45) is 4.99. The minimum atomic E-state index is -0.346. The zero-order valence-corrected chi connectivity index (χ0v) is 16.0. The molecule has 0 aliphatic carbocycles. The van der Waals surface area contributed by atoms with E-state index in [1.165, 1.54) is 0 Å². The van der Waals surface area contributed by atoms with Crippen LogP contribution < -0.4 is 10.1 Å². The highest BCUT2D eigenvalue weighted by atomic mass is 16.6. The highest BCUT2D eigenvalue weighted by Gasteiger charge is 2.25. The van der Waals surface area contributed by atoms with E-state index in [0.717, 1.165) is 5.69 Å². The Morgan fingerprint density at radius 2 is 1.52 bits per heavy atom. The largest absolute Gasteiger partial charge is 0.415 e. The van der Waals surface area contributed by atoms with Crippen LogP contribution in [0.4, 0.5) is 4.79 Å². The molecule has 1 aliphatic rings. The van der Waals surface area contributed by atoms with Gasteiger partial charge in [-0.15, -0.1) is 0 Å². The number of hydrogen-bond acceptors (Lipinski definition) is 3. The monoisotopic (exact) mass is 389 g/mol. The molecule has 0 spiro atoms. The van der Waals surface area contributed by atoms with Crippen LogP contribution in [0, 0.1) is 0 Å². The highest BCUT2D eigenvalue weighted by Crippen LogP contribution is 2.16. The first-order valence-electron chi connectivity index (χ1n) is 9.75. The van der Waals surface area contributed by atoms with Crippen molar-refractivity contribution in [2.24, 2.45) is 0 Å². The van der Waals surface area contributed by atoms with E-state index in [0.29, 0.717) is 37.2 Å². The number of aromatic nitrogens is 1. The number of para-hydroxylation sites is 1. The summed E-state index contributed by atoms with van der Waals surface area (Å²) in [6.45, 7) is 1.12. The lowest BCUT2D eigenvalue weighted by Crippen LogP contribution is -2.47. The summed E-state index contributed by atoms with van der Waals surface area (Å²) in [6, 6.07) is 20.5. The fourth-order valence-corrected chi connectivity index (χ4v) is 3.42. The lowest BCUT2D eigenvalue weighted by Gasteiger charge is -2.31. The van der Waals surface area contributed by atoms with Crippen LogP contribution in [0.3, 0.4) is 0 Å². The number of carbonyl (C=O) groups excluding carboxylic acids is 2. The predicted octanol–water partition coefficient (Wildman–Crippen LogP) is 3.87. The molecule has 2 amide bonds. The van der Waals surface area contributed by atoms with Gasteiger partial charge < -0.3 is 19.5 Å². The number of likely N-dealkylation sites (tertiary alicyclic amines) is 1. The lowest BCUT2D eigenvalue weighted by atomic mass is 10.0. The van der Waals surface area contributed by atoms with Gasteiger partial charge in [0.2, 0.25) is 0 Å². The van der Waals surface area contributed by atoms with Crippen LogP contribution >= 0.6 is 0 Å². The number of piperidine rings is 1. The summed E-state index contributed by atoms with van der Waals surface area (Å²) in [7, 11) is 0. The van der Waals surface area contributed by atoms with Crippen LogP contribution in [0.15, 0.2) is 79.1 Å². The number of hydrogen-bond donors (Lipinski definition) is 1. The van der Waals surface area contributed by atoms with Gasteiger partial charge in [-0.25, -0.2) is 4.79 Å². The fourth-order valence-electron chi connectivity index (χ4n) is 3.42. The van der Waals surface area contributed by atoms with E-state index < -0.39 is 0 Å². The summed E-state index contributed by atoms with van der Waals surface area (Å²) in [4.78, 5) is 26.5. The molecular weight excluding hydrogens is 366 g/mol. The first-order valence-corrected chi connectivity index (χ1v) is 9.75. The number of benzene rings is 2. The van der Waals surface area contributed by atoms with Crippen molar-refractivity contribution in [3.63, 3.8) is 0 Å². The summed E-state index contributed by atoms with van der Waals surface area (Å²) < 4.78 is 7.37. The van der Waals surface area contributed by atoms with Gasteiger partial charge in [0.1, 0.15) is 5.75 Å². The molecule has 0 radical (unpaired) electrons. The molecule has 4 rings (SSSR count). The average Bonchev–Trinajstić information content (AvgIpc) is 3.30. The maximum Gasteiger partial charge on any atom is 0.415 e. The van der Waals surface area contributed by atoms with Gasteiger partial charge in [0.25, 0.3) is 5.91 Å². The van der Waals surface area contributed by atoms with Crippen molar-refractivity contribution in [1.82, 2.24) is 14.8 Å². The number of carbonyl (C=O) groups is 2. The van der Waals surface area contributed by atoms with Gasteiger partial charge in [-0.2, -0.15) is 0 Å². The summed E-state index contributed by atoms with van der Waals surface area (Å²) in [5.41, 5.74) is 1.64. The molecule has 1 N–H and O–H groups in total. The lowest BCUT2D eigenvalue weighted by molar-refractivity contribution is 0.0910. The van der Waals surface area contributed by atoms with Crippen LogP contribution in [-0.2, 0) is 0 Å². The van der Waals surface area contributed by atoms with Crippen LogP contribution in [-0.4, -0.2) is 40.6 Å². The van der Waals surface area contributed by atoms with Gasteiger partial charge in [0.15, 0.2) is 0 Å². The Morgan fingerprint density at radius 1 is 0.862 bits per heavy atom. The molecule has 1 aliphatic heterocycles. The quantitative estimate of drug-likeness (QED) is 0.737. The zero-order chi connectivity index (χ0) is 20.1. The first-order chi connectivity index (χ1) is 14.2. The van der Waals surface area contributed by atoms with Crippen molar-refractivity contribution < 1.29 is 14.3 Å². The van der Waals surface area contributed by atoms with E-state index in [2.05, 4.69) is 5.32 Å². The Morgan fingerprint density at radius 3 is 2.17 bits per heavy atom. The number of nitrogens with one attached hydrogen (secondary N) is 1. The van der Waals surface area contributed by atoms with Gasteiger partial charge in [-0.1, -0.05) is 18.2 Å². The van der Waals surface area contributed by atoms with E-state index in [1.807, 2.05) is 71.6 Å². The molecule has 1 aromatic heterocycles. The molecule has 2 aromatic carbocycles. The molecule has 6 heteroatoms. The second kappa shape index (κ2) is 8.65. The van der Waals surface area contributed by atoms with Gasteiger partial charge in [0, 0.05) is 42.8 Å². The van der Waals surface area contributed by atoms with Crippen LogP contribution in [0.1, 0.15) is 23.2 Å². The van der Waals surface area contributed by atoms with E-state index in [4.69, 9.17) is 4.74 Å². The van der Waals surface area contributed by atoms with Gasteiger partial charge in [0.05, 0.1) is 0 Å². The molecule has 1 saturated heterocycles. The second-order valence-corrected chi connectivity index (χ2v) is 7.05. The number of rotatable bonds is 4. The molecule has 29 heavy (non-hydrogen) atoms. The van der Waals surface area contributed by atoms with Crippen molar-refractivity contribution in [1.29, 1.82) is 0 Å². The standard InChI is InChI=1S/C23H23N3O3/c27-22(18-8-10-20(11-9-18)25-14-4-5-15-25)24-19-12-16-26(17-13-19)23(28)29-21-6-2-1-3-7-21/h1-11,14-15,19H,12-13,16-17H2,(H,24,27). The molecule has 0 atom stereocenters. The Hall–Kier alpha value is -3.54. The van der Waals surface area contributed by atoms with Crippen molar-refractivity contribution >= 4 is 12.0 Å². The minimum Gasteiger partial charge on any atom is -0.410 e. The van der Waals surface area contributed by atoms with E-state index in [1.54, 1.807) is 17.0 Å². The molecular formula is C23H23N3O3. The maximum atomic E-state index is 12.5. The van der Waals surface area contributed by atoms with Crippen molar-refractivity contribution in [2.75, 3.05) is 13.1 Å². The summed E-state index contributed by atoms with van der Waals surface area (Å²) in [5, 5.41) is 3.07. The van der Waals surface area contributed by atoms with Crippen LogP contribution in [0.25, 0.3) is 5.69 Å². The van der Waals surface area contributed by atoms with Crippen molar-refractivity contribution in [2.45, 2.75) is 18.9 Å². The van der Waals surface area contributed by atoms with Gasteiger partial charge in [-0.3, -0.25) is 4.79 Å². The van der Waals surface area contributed by atoms with Crippen molar-refractivity contribution in [3.8, 4) is 11.4 Å². The molecule has 1 fully saturated rings. The van der Waals surface area contributed by atoms with Gasteiger partial charge >= 0.3 is 6.09 Å². The molecule has 3 aromatic rings. The van der Waals surface area contributed by atoms with Gasteiger partial charge in [-0.05, 0) is 61.4 Å². The fraction of sp³-hybridized carbons (Fsp3) is 0.217. The Kier molecular flexibility index (Phi) is 5.61. The van der Waals surface area contributed by atoms with E-state index in [9.17, 15) is 9.59 Å². The van der Waals surface area contributed by atoms with Crippen molar-refractivity contribution in [3.05, 3.63) is 84.7 Å². The molecule has 148 valence electrons. The third-order valence-corrected chi connectivity index (χ3v) is 5.07. The third kappa shape index (κ3) is 4.66. The number of nitrogens with zero attached hydrogens (tertiary/aromatic N) is 2.